The molecule has 1 unspecified atom stereocenters. The number of benzene rings is 1. The molecule has 0 bridgehead atoms. The van der Waals surface area contributed by atoms with E-state index in [1.54, 1.807) is 0 Å². The van der Waals surface area contributed by atoms with Crippen molar-refractivity contribution in [2.45, 2.75) is 19.4 Å². The number of rotatable bonds is 4. The molecule has 110 valence electrons. The first kappa shape index (κ1) is 14.4. The molecular formula is C16H17BrN2O2. The molecule has 0 fully saturated rings. The lowest BCUT2D eigenvalue weighted by Crippen LogP contribution is -2.32. The predicted molar refractivity (Wildman–Crippen MR) is 84.4 cm³/mol. The molecule has 2 aromatic rings. The van der Waals surface area contributed by atoms with Gasteiger partial charge in [0.25, 0.3) is 5.91 Å². The third kappa shape index (κ3) is 2.89. The monoisotopic (exact) mass is 348 g/mol. The Bertz CT molecular complexity index is 666. The van der Waals surface area contributed by atoms with E-state index in [0.717, 1.165) is 35.4 Å². The minimum atomic E-state index is -0.0543. The highest BCUT2D eigenvalue weighted by Gasteiger charge is 2.21. The second-order valence-corrected chi connectivity index (χ2v) is 5.84. The Morgan fingerprint density at radius 1 is 1.38 bits per heavy atom. The summed E-state index contributed by atoms with van der Waals surface area (Å²) in [5.41, 5.74) is 2.92. The number of furan rings is 1. The number of nitrogens with one attached hydrogen (secondary N) is 2. The van der Waals surface area contributed by atoms with Gasteiger partial charge in [-0.15, -0.1) is 0 Å². The number of fused-ring (bicyclic) bond motifs is 1. The molecule has 1 aromatic carbocycles. The van der Waals surface area contributed by atoms with Crippen molar-refractivity contribution < 1.29 is 9.21 Å². The van der Waals surface area contributed by atoms with Gasteiger partial charge >= 0.3 is 0 Å². The highest BCUT2D eigenvalue weighted by atomic mass is 79.9. The normalized spacial score (nSPS) is 15.4. The summed E-state index contributed by atoms with van der Waals surface area (Å²) in [4.78, 5) is 12.0. The minimum absolute atomic E-state index is 0.00831. The second kappa shape index (κ2) is 6.03. The molecule has 0 radical (unpaired) electrons. The fourth-order valence-electron chi connectivity index (χ4n) is 2.68. The van der Waals surface area contributed by atoms with Crippen molar-refractivity contribution in [2.24, 2.45) is 0 Å². The number of carbonyl (C=O) groups is 1. The molecule has 1 atom stereocenters. The van der Waals surface area contributed by atoms with Gasteiger partial charge in [-0.2, -0.15) is 0 Å². The molecule has 0 saturated heterocycles. The number of amides is 1. The zero-order chi connectivity index (χ0) is 14.8. The minimum Gasteiger partial charge on any atom is -0.452 e. The largest absolute Gasteiger partial charge is 0.452 e. The van der Waals surface area contributed by atoms with Crippen molar-refractivity contribution in [3.8, 4) is 0 Å². The molecule has 1 amide bonds. The molecule has 1 aromatic heterocycles. The lowest BCUT2D eigenvalue weighted by atomic mass is 9.94. The van der Waals surface area contributed by atoms with Gasteiger partial charge in [0.05, 0.1) is 6.04 Å². The first-order valence-corrected chi connectivity index (χ1v) is 7.88. The number of hydrogen-bond donors (Lipinski definition) is 2. The smallest absolute Gasteiger partial charge is 0.251 e. The maximum Gasteiger partial charge on any atom is 0.251 e. The molecule has 1 aliphatic heterocycles. The maximum atomic E-state index is 12.0. The summed E-state index contributed by atoms with van der Waals surface area (Å²) in [5, 5.41) is 6.29. The standard InChI is InChI=1S/C16H17BrN2O2/c1-2-18-15(13-5-6-14(17)21-13)11-4-3-10-7-8-19-16(20)12(10)9-11/h3-6,9,15,18H,2,7-8H2,1H3,(H,19,20). The molecule has 4 nitrogen and oxygen atoms in total. The molecule has 0 spiro atoms. The van der Waals surface area contributed by atoms with Crippen LogP contribution >= 0.6 is 15.9 Å². The van der Waals surface area contributed by atoms with Crippen LogP contribution in [0.3, 0.4) is 0 Å². The Balaban J connectivity index is 2.00. The van der Waals surface area contributed by atoms with Crippen LogP contribution in [0.5, 0.6) is 0 Å². The zero-order valence-corrected chi connectivity index (χ0v) is 13.4. The molecule has 5 heteroatoms. The Morgan fingerprint density at radius 3 is 2.95 bits per heavy atom. The number of halogens is 1. The van der Waals surface area contributed by atoms with Crippen LogP contribution in [0.25, 0.3) is 0 Å². The molecule has 0 saturated carbocycles. The summed E-state index contributed by atoms with van der Waals surface area (Å²) >= 11 is 3.34. The Hall–Kier alpha value is -1.59. The Morgan fingerprint density at radius 2 is 2.24 bits per heavy atom. The van der Waals surface area contributed by atoms with Crippen LogP contribution in [-0.4, -0.2) is 19.0 Å². The van der Waals surface area contributed by atoms with Crippen LogP contribution < -0.4 is 10.6 Å². The summed E-state index contributed by atoms with van der Waals surface area (Å²) in [6, 6.07) is 9.85. The van der Waals surface area contributed by atoms with Gasteiger partial charge in [0.15, 0.2) is 4.67 Å². The lowest BCUT2D eigenvalue weighted by molar-refractivity contribution is 0.0946. The van der Waals surface area contributed by atoms with E-state index in [4.69, 9.17) is 4.42 Å². The van der Waals surface area contributed by atoms with E-state index in [9.17, 15) is 4.79 Å². The van der Waals surface area contributed by atoms with Crippen molar-refractivity contribution in [3.63, 3.8) is 0 Å². The van der Waals surface area contributed by atoms with Gasteiger partial charge in [-0.25, -0.2) is 0 Å². The van der Waals surface area contributed by atoms with Gasteiger partial charge in [0.2, 0.25) is 0 Å². The Labute approximate surface area is 132 Å². The molecular weight excluding hydrogens is 332 g/mol. The van der Waals surface area contributed by atoms with Crippen LogP contribution in [0, 0.1) is 0 Å². The van der Waals surface area contributed by atoms with Crippen molar-refractivity contribution in [2.75, 3.05) is 13.1 Å². The van der Waals surface area contributed by atoms with Crippen LogP contribution in [0.1, 0.15) is 40.2 Å². The van der Waals surface area contributed by atoms with Crippen LogP contribution in [0.15, 0.2) is 39.4 Å². The third-order valence-corrected chi connectivity index (χ3v) is 4.10. The summed E-state index contributed by atoms with van der Waals surface area (Å²) in [6.07, 6.45) is 0.888. The van der Waals surface area contributed by atoms with Gasteiger partial charge in [-0.05, 0) is 58.2 Å². The first-order chi connectivity index (χ1) is 10.2. The number of carbonyl (C=O) groups excluding carboxylic acids is 1. The molecule has 3 rings (SSSR count). The molecule has 1 aliphatic rings. The van der Waals surface area contributed by atoms with Crippen LogP contribution in [0.4, 0.5) is 0 Å². The van der Waals surface area contributed by atoms with E-state index in [2.05, 4.69) is 39.6 Å². The third-order valence-electron chi connectivity index (χ3n) is 3.68. The van der Waals surface area contributed by atoms with Crippen molar-refractivity contribution in [3.05, 3.63) is 57.5 Å². The average molecular weight is 349 g/mol. The zero-order valence-electron chi connectivity index (χ0n) is 11.8. The molecule has 21 heavy (non-hydrogen) atoms. The van der Waals surface area contributed by atoms with Crippen molar-refractivity contribution >= 4 is 21.8 Å². The second-order valence-electron chi connectivity index (χ2n) is 5.06. The van der Waals surface area contributed by atoms with E-state index in [1.807, 2.05) is 24.3 Å². The fraction of sp³-hybridized carbons (Fsp3) is 0.312. The number of hydrogen-bond acceptors (Lipinski definition) is 3. The summed E-state index contributed by atoms with van der Waals surface area (Å²) in [6.45, 7) is 3.58. The predicted octanol–water partition coefficient (Wildman–Crippen LogP) is 3.03. The Kier molecular flexibility index (Phi) is 4.12. The molecule has 2 N–H and O–H groups in total. The fourth-order valence-corrected chi connectivity index (χ4v) is 3.00. The molecule has 2 heterocycles. The van der Waals surface area contributed by atoms with Gasteiger partial charge in [0.1, 0.15) is 5.76 Å². The maximum absolute atomic E-state index is 12.0. The van der Waals surface area contributed by atoms with Gasteiger partial charge in [0, 0.05) is 12.1 Å². The first-order valence-electron chi connectivity index (χ1n) is 7.08. The van der Waals surface area contributed by atoms with E-state index >= 15 is 0 Å². The topological polar surface area (TPSA) is 54.3 Å². The van der Waals surface area contributed by atoms with Gasteiger partial charge < -0.3 is 15.1 Å². The van der Waals surface area contributed by atoms with Crippen LogP contribution in [0.2, 0.25) is 0 Å². The summed E-state index contributed by atoms with van der Waals surface area (Å²) in [5.74, 6) is 0.842. The van der Waals surface area contributed by atoms with E-state index in [-0.39, 0.29) is 11.9 Å². The van der Waals surface area contributed by atoms with Crippen molar-refractivity contribution in [1.82, 2.24) is 10.6 Å². The van der Waals surface area contributed by atoms with Gasteiger partial charge in [-0.1, -0.05) is 19.1 Å². The average Bonchev–Trinajstić information content (AvgIpc) is 2.91. The lowest BCUT2D eigenvalue weighted by Gasteiger charge is -2.21. The summed E-state index contributed by atoms with van der Waals surface area (Å²) < 4.78 is 6.38. The van der Waals surface area contributed by atoms with Crippen LogP contribution in [-0.2, 0) is 6.42 Å². The highest BCUT2D eigenvalue weighted by Crippen LogP contribution is 2.28. The highest BCUT2D eigenvalue weighted by molar-refractivity contribution is 9.10. The SMILES string of the molecule is CCNC(c1ccc2c(c1)C(=O)NCC2)c1ccc(Br)o1. The quantitative estimate of drug-likeness (QED) is 0.892. The van der Waals surface area contributed by atoms with Gasteiger partial charge in [-0.3, -0.25) is 4.79 Å². The summed E-state index contributed by atoms with van der Waals surface area (Å²) in [7, 11) is 0. The van der Waals surface area contributed by atoms with E-state index < -0.39 is 0 Å². The van der Waals surface area contributed by atoms with E-state index in [0.29, 0.717) is 11.2 Å². The van der Waals surface area contributed by atoms with E-state index in [1.165, 1.54) is 0 Å². The van der Waals surface area contributed by atoms with Crippen molar-refractivity contribution in [1.29, 1.82) is 0 Å². The molecule has 0 aliphatic carbocycles.